The summed E-state index contributed by atoms with van der Waals surface area (Å²) in [6.45, 7) is 4.89. The van der Waals surface area contributed by atoms with Crippen LogP contribution in [0.5, 0.6) is 5.75 Å². The monoisotopic (exact) mass is 250 g/mol. The van der Waals surface area contributed by atoms with E-state index in [0.717, 1.165) is 34.6 Å². The first-order chi connectivity index (χ1) is 8.17. The van der Waals surface area contributed by atoms with E-state index in [1.54, 1.807) is 13.2 Å². The fourth-order valence-corrected chi connectivity index (χ4v) is 2.03. The van der Waals surface area contributed by atoms with E-state index in [1.165, 1.54) is 0 Å². The second kappa shape index (κ2) is 4.80. The normalized spacial score (nSPS) is 10.6. The number of fused-ring (bicyclic) bond motifs is 1. The SMILES string of the molecule is CCNc1nc2c(Cl)ccc(OC)c2cc1C. The Labute approximate surface area is 106 Å². The molecule has 0 amide bonds. The highest BCUT2D eigenvalue weighted by molar-refractivity contribution is 6.35. The fourth-order valence-electron chi connectivity index (χ4n) is 1.83. The summed E-state index contributed by atoms with van der Waals surface area (Å²) in [4.78, 5) is 4.55. The van der Waals surface area contributed by atoms with Gasteiger partial charge in [-0.05, 0) is 37.6 Å². The molecular formula is C13H15ClN2O. The zero-order valence-electron chi connectivity index (χ0n) is 10.2. The van der Waals surface area contributed by atoms with Gasteiger partial charge in [0.05, 0.1) is 17.6 Å². The lowest BCUT2D eigenvalue weighted by Gasteiger charge is -2.11. The molecule has 4 heteroatoms. The number of ether oxygens (including phenoxy) is 1. The Balaban J connectivity index is 2.72. The molecule has 0 atom stereocenters. The van der Waals surface area contributed by atoms with Crippen LogP contribution in [0.1, 0.15) is 12.5 Å². The van der Waals surface area contributed by atoms with Gasteiger partial charge in [-0.25, -0.2) is 4.98 Å². The van der Waals surface area contributed by atoms with E-state index < -0.39 is 0 Å². The van der Waals surface area contributed by atoms with Gasteiger partial charge < -0.3 is 10.1 Å². The molecule has 0 radical (unpaired) electrons. The van der Waals surface area contributed by atoms with Crippen molar-refractivity contribution in [1.29, 1.82) is 0 Å². The molecule has 17 heavy (non-hydrogen) atoms. The number of anilines is 1. The summed E-state index contributed by atoms with van der Waals surface area (Å²) in [5.41, 5.74) is 1.85. The number of aryl methyl sites for hydroxylation is 1. The minimum Gasteiger partial charge on any atom is -0.496 e. The van der Waals surface area contributed by atoms with Crippen LogP contribution in [0.2, 0.25) is 5.02 Å². The molecule has 0 saturated carbocycles. The van der Waals surface area contributed by atoms with E-state index in [9.17, 15) is 0 Å². The van der Waals surface area contributed by atoms with E-state index in [4.69, 9.17) is 16.3 Å². The average Bonchev–Trinajstić information content (AvgIpc) is 2.32. The summed E-state index contributed by atoms with van der Waals surface area (Å²) in [6, 6.07) is 5.71. The van der Waals surface area contributed by atoms with Crippen LogP contribution in [-0.4, -0.2) is 18.6 Å². The maximum Gasteiger partial charge on any atom is 0.129 e. The summed E-state index contributed by atoms with van der Waals surface area (Å²) >= 11 is 6.16. The van der Waals surface area contributed by atoms with Crippen molar-refractivity contribution in [2.24, 2.45) is 0 Å². The number of aromatic nitrogens is 1. The minimum atomic E-state index is 0.639. The molecular weight excluding hydrogens is 236 g/mol. The molecule has 0 unspecified atom stereocenters. The number of rotatable bonds is 3. The second-order valence-corrected chi connectivity index (χ2v) is 4.24. The Morgan fingerprint density at radius 3 is 2.82 bits per heavy atom. The number of halogens is 1. The van der Waals surface area contributed by atoms with Crippen molar-refractivity contribution in [3.8, 4) is 5.75 Å². The first-order valence-corrected chi connectivity index (χ1v) is 5.93. The number of nitrogens with one attached hydrogen (secondary N) is 1. The lowest BCUT2D eigenvalue weighted by molar-refractivity contribution is 0.419. The van der Waals surface area contributed by atoms with Crippen molar-refractivity contribution in [3.05, 3.63) is 28.8 Å². The molecule has 1 aromatic carbocycles. The molecule has 0 aliphatic carbocycles. The summed E-state index contributed by atoms with van der Waals surface area (Å²) < 4.78 is 5.32. The number of methoxy groups -OCH3 is 1. The van der Waals surface area contributed by atoms with Gasteiger partial charge in [-0.3, -0.25) is 0 Å². The molecule has 0 fully saturated rings. The van der Waals surface area contributed by atoms with E-state index in [2.05, 4.69) is 10.3 Å². The zero-order valence-corrected chi connectivity index (χ0v) is 10.9. The van der Waals surface area contributed by atoms with Crippen LogP contribution in [-0.2, 0) is 0 Å². The van der Waals surface area contributed by atoms with Gasteiger partial charge >= 0.3 is 0 Å². The van der Waals surface area contributed by atoms with Gasteiger partial charge in [0.15, 0.2) is 0 Å². The van der Waals surface area contributed by atoms with Gasteiger partial charge in [0.1, 0.15) is 11.6 Å². The molecule has 3 nitrogen and oxygen atoms in total. The quantitative estimate of drug-likeness (QED) is 0.903. The third-order valence-corrected chi connectivity index (χ3v) is 2.95. The van der Waals surface area contributed by atoms with Crippen LogP contribution < -0.4 is 10.1 Å². The number of hydrogen-bond acceptors (Lipinski definition) is 3. The van der Waals surface area contributed by atoms with E-state index >= 15 is 0 Å². The predicted molar refractivity (Wildman–Crippen MR) is 72.2 cm³/mol. The van der Waals surface area contributed by atoms with Crippen LogP contribution in [0.4, 0.5) is 5.82 Å². The van der Waals surface area contributed by atoms with Crippen molar-refractivity contribution in [2.75, 3.05) is 19.0 Å². The lowest BCUT2D eigenvalue weighted by atomic mass is 10.1. The summed E-state index contributed by atoms with van der Waals surface area (Å²) in [5, 5.41) is 4.80. The molecule has 1 N–H and O–H groups in total. The summed E-state index contributed by atoms with van der Waals surface area (Å²) in [7, 11) is 1.65. The van der Waals surface area contributed by atoms with Gasteiger partial charge in [0.2, 0.25) is 0 Å². The number of hydrogen-bond donors (Lipinski definition) is 1. The number of benzene rings is 1. The van der Waals surface area contributed by atoms with E-state index in [0.29, 0.717) is 5.02 Å². The van der Waals surface area contributed by atoms with Gasteiger partial charge in [-0.2, -0.15) is 0 Å². The topological polar surface area (TPSA) is 34.2 Å². The maximum atomic E-state index is 6.16. The molecule has 0 saturated heterocycles. The van der Waals surface area contributed by atoms with E-state index in [-0.39, 0.29) is 0 Å². The van der Waals surface area contributed by atoms with Crippen LogP contribution >= 0.6 is 11.6 Å². The standard InChI is InChI=1S/C13H15ClN2O/c1-4-15-13-8(2)7-9-11(17-3)6-5-10(14)12(9)16-13/h5-7H,4H2,1-3H3,(H,15,16). The van der Waals surface area contributed by atoms with Crippen molar-refractivity contribution in [2.45, 2.75) is 13.8 Å². The Morgan fingerprint density at radius 2 is 2.18 bits per heavy atom. The van der Waals surface area contributed by atoms with Crippen molar-refractivity contribution in [3.63, 3.8) is 0 Å². The first kappa shape index (κ1) is 12.0. The maximum absolute atomic E-state index is 6.16. The smallest absolute Gasteiger partial charge is 0.129 e. The Bertz CT molecular complexity index is 555. The lowest BCUT2D eigenvalue weighted by Crippen LogP contribution is -2.02. The fraction of sp³-hybridized carbons (Fsp3) is 0.308. The largest absolute Gasteiger partial charge is 0.496 e. The van der Waals surface area contributed by atoms with Gasteiger partial charge in [0, 0.05) is 11.9 Å². The highest BCUT2D eigenvalue weighted by atomic mass is 35.5. The molecule has 90 valence electrons. The minimum absolute atomic E-state index is 0.639. The highest BCUT2D eigenvalue weighted by Gasteiger charge is 2.09. The van der Waals surface area contributed by atoms with Crippen molar-refractivity contribution >= 4 is 28.3 Å². The van der Waals surface area contributed by atoms with Crippen LogP contribution in [0.3, 0.4) is 0 Å². The molecule has 2 aromatic rings. The van der Waals surface area contributed by atoms with Gasteiger partial charge in [-0.1, -0.05) is 11.6 Å². The number of nitrogens with zero attached hydrogens (tertiary/aromatic N) is 1. The van der Waals surface area contributed by atoms with Gasteiger partial charge in [0.25, 0.3) is 0 Å². The predicted octanol–water partition coefficient (Wildman–Crippen LogP) is 3.64. The Hall–Kier alpha value is -1.48. The Kier molecular flexibility index (Phi) is 3.38. The van der Waals surface area contributed by atoms with Crippen molar-refractivity contribution < 1.29 is 4.74 Å². The number of pyridine rings is 1. The van der Waals surface area contributed by atoms with Crippen molar-refractivity contribution in [1.82, 2.24) is 4.98 Å². The average molecular weight is 251 g/mol. The third-order valence-electron chi connectivity index (χ3n) is 2.65. The van der Waals surface area contributed by atoms with Crippen LogP contribution in [0.15, 0.2) is 18.2 Å². The van der Waals surface area contributed by atoms with Gasteiger partial charge in [-0.15, -0.1) is 0 Å². The van der Waals surface area contributed by atoms with Crippen LogP contribution in [0, 0.1) is 6.92 Å². The summed E-state index contributed by atoms with van der Waals surface area (Å²) in [6.07, 6.45) is 0. The van der Waals surface area contributed by atoms with Crippen LogP contribution in [0.25, 0.3) is 10.9 Å². The molecule has 1 heterocycles. The molecule has 2 rings (SSSR count). The molecule has 0 bridgehead atoms. The molecule has 0 aliphatic heterocycles. The zero-order chi connectivity index (χ0) is 12.4. The van der Waals surface area contributed by atoms with E-state index in [1.807, 2.05) is 26.0 Å². The molecule has 0 aliphatic rings. The third kappa shape index (κ3) is 2.15. The highest BCUT2D eigenvalue weighted by Crippen LogP contribution is 2.32. The second-order valence-electron chi connectivity index (χ2n) is 3.83. The first-order valence-electron chi connectivity index (χ1n) is 5.55. The molecule has 0 spiro atoms. The Morgan fingerprint density at radius 1 is 1.41 bits per heavy atom. The molecule has 1 aromatic heterocycles. The summed E-state index contributed by atoms with van der Waals surface area (Å²) in [5.74, 6) is 1.67.